The van der Waals surface area contributed by atoms with Gasteiger partial charge in [0.05, 0.1) is 7.11 Å². The molecule has 0 aliphatic heterocycles. The molecule has 1 N–H and O–H groups in total. The molecule has 0 aliphatic rings. The van der Waals surface area contributed by atoms with Crippen LogP contribution >= 0.6 is 0 Å². The van der Waals surface area contributed by atoms with Crippen molar-refractivity contribution in [2.75, 3.05) is 7.11 Å². The Labute approximate surface area is 134 Å². The van der Waals surface area contributed by atoms with Gasteiger partial charge >= 0.3 is 0 Å². The number of ether oxygens (including phenoxy) is 1. The van der Waals surface area contributed by atoms with E-state index in [1.165, 1.54) is 22.3 Å². The Balaban J connectivity index is 1.77. The summed E-state index contributed by atoms with van der Waals surface area (Å²) in [6.45, 7) is 7.52. The molecule has 0 aliphatic carbocycles. The van der Waals surface area contributed by atoms with E-state index in [4.69, 9.17) is 4.74 Å². The van der Waals surface area contributed by atoms with Crippen molar-refractivity contribution in [3.8, 4) is 5.75 Å². The van der Waals surface area contributed by atoms with Crippen LogP contribution in [0.2, 0.25) is 0 Å². The molecule has 0 fully saturated rings. The summed E-state index contributed by atoms with van der Waals surface area (Å²) < 4.78 is 5.19. The van der Waals surface area contributed by atoms with E-state index in [0.29, 0.717) is 6.04 Å². The standard InChI is InChI=1S/C20H27NO/c1-15-5-7-19(13-16(15)2)14-21-17(3)6-8-18-9-11-20(22-4)12-10-18/h5,7,9-13,17,21H,6,8,14H2,1-4H3. The summed E-state index contributed by atoms with van der Waals surface area (Å²) in [4.78, 5) is 0. The molecule has 2 nitrogen and oxygen atoms in total. The van der Waals surface area contributed by atoms with E-state index in [-0.39, 0.29) is 0 Å². The van der Waals surface area contributed by atoms with Crippen LogP contribution in [0.1, 0.15) is 35.6 Å². The van der Waals surface area contributed by atoms with Gasteiger partial charge in [0.25, 0.3) is 0 Å². The third kappa shape index (κ3) is 4.88. The number of benzene rings is 2. The lowest BCUT2D eigenvalue weighted by Gasteiger charge is -2.14. The largest absolute Gasteiger partial charge is 0.497 e. The van der Waals surface area contributed by atoms with Crippen molar-refractivity contribution < 1.29 is 4.74 Å². The normalized spacial score (nSPS) is 12.2. The molecule has 2 aromatic carbocycles. The van der Waals surface area contributed by atoms with E-state index < -0.39 is 0 Å². The van der Waals surface area contributed by atoms with Crippen LogP contribution in [-0.4, -0.2) is 13.2 Å². The summed E-state index contributed by atoms with van der Waals surface area (Å²) >= 11 is 0. The summed E-state index contributed by atoms with van der Waals surface area (Å²) in [5.74, 6) is 0.921. The second-order valence-electron chi connectivity index (χ2n) is 6.09. The Morgan fingerprint density at radius 2 is 1.64 bits per heavy atom. The second kappa shape index (κ2) is 8.00. The first-order chi connectivity index (χ1) is 10.6. The van der Waals surface area contributed by atoms with E-state index in [2.05, 4.69) is 56.4 Å². The molecule has 0 aromatic heterocycles. The first-order valence-corrected chi connectivity index (χ1v) is 8.01. The summed E-state index contributed by atoms with van der Waals surface area (Å²) in [5.41, 5.74) is 5.45. The summed E-state index contributed by atoms with van der Waals surface area (Å²) in [7, 11) is 1.70. The molecule has 1 atom stereocenters. The number of rotatable bonds is 7. The highest BCUT2D eigenvalue weighted by Gasteiger charge is 2.04. The number of hydrogen-bond acceptors (Lipinski definition) is 2. The molecule has 0 heterocycles. The van der Waals surface area contributed by atoms with Crippen molar-refractivity contribution >= 4 is 0 Å². The van der Waals surface area contributed by atoms with Crippen molar-refractivity contribution in [2.24, 2.45) is 0 Å². The molecule has 2 aromatic rings. The van der Waals surface area contributed by atoms with Gasteiger partial charge in [0.15, 0.2) is 0 Å². The molecule has 0 bridgehead atoms. The molecule has 1 unspecified atom stereocenters. The van der Waals surface area contributed by atoms with Crippen LogP contribution in [-0.2, 0) is 13.0 Å². The van der Waals surface area contributed by atoms with Crippen LogP contribution < -0.4 is 10.1 Å². The Morgan fingerprint density at radius 3 is 2.27 bits per heavy atom. The van der Waals surface area contributed by atoms with Crippen molar-refractivity contribution in [1.29, 1.82) is 0 Å². The van der Waals surface area contributed by atoms with Gasteiger partial charge in [-0.1, -0.05) is 30.3 Å². The molecule has 0 spiro atoms. The Hall–Kier alpha value is -1.80. The predicted octanol–water partition coefficient (Wildman–Crippen LogP) is 4.42. The lowest BCUT2D eigenvalue weighted by molar-refractivity contribution is 0.414. The van der Waals surface area contributed by atoms with E-state index in [1.54, 1.807) is 7.11 Å². The molecular weight excluding hydrogens is 270 g/mol. The molecule has 0 saturated carbocycles. The van der Waals surface area contributed by atoms with Gasteiger partial charge in [-0.15, -0.1) is 0 Å². The molecule has 0 radical (unpaired) electrons. The Morgan fingerprint density at radius 1 is 0.955 bits per heavy atom. The van der Waals surface area contributed by atoms with Gasteiger partial charge < -0.3 is 10.1 Å². The zero-order chi connectivity index (χ0) is 15.9. The van der Waals surface area contributed by atoms with Crippen molar-refractivity contribution in [3.63, 3.8) is 0 Å². The van der Waals surface area contributed by atoms with Gasteiger partial charge in [-0.2, -0.15) is 0 Å². The zero-order valence-corrected chi connectivity index (χ0v) is 14.1. The number of methoxy groups -OCH3 is 1. The summed E-state index contributed by atoms with van der Waals surface area (Å²) in [6, 6.07) is 15.6. The average Bonchev–Trinajstić information content (AvgIpc) is 2.54. The Kier molecular flexibility index (Phi) is 6.02. The third-order valence-electron chi connectivity index (χ3n) is 4.25. The number of hydrogen-bond donors (Lipinski definition) is 1. The van der Waals surface area contributed by atoms with Crippen LogP contribution in [0.5, 0.6) is 5.75 Å². The van der Waals surface area contributed by atoms with E-state index in [1.807, 2.05) is 12.1 Å². The van der Waals surface area contributed by atoms with Crippen molar-refractivity contribution in [2.45, 2.75) is 46.2 Å². The molecule has 118 valence electrons. The first kappa shape index (κ1) is 16.6. The molecule has 2 heteroatoms. The van der Waals surface area contributed by atoms with Gasteiger partial charge in [-0.05, 0) is 68.0 Å². The van der Waals surface area contributed by atoms with Gasteiger partial charge in [0.1, 0.15) is 5.75 Å². The smallest absolute Gasteiger partial charge is 0.118 e. The first-order valence-electron chi connectivity index (χ1n) is 8.01. The van der Waals surface area contributed by atoms with Gasteiger partial charge in [-0.25, -0.2) is 0 Å². The lowest BCUT2D eigenvalue weighted by atomic mass is 10.0. The van der Waals surface area contributed by atoms with Crippen LogP contribution in [0.15, 0.2) is 42.5 Å². The van der Waals surface area contributed by atoms with E-state index in [0.717, 1.165) is 25.1 Å². The zero-order valence-electron chi connectivity index (χ0n) is 14.1. The van der Waals surface area contributed by atoms with E-state index in [9.17, 15) is 0 Å². The minimum atomic E-state index is 0.503. The summed E-state index contributed by atoms with van der Waals surface area (Å²) in [5, 5.41) is 3.61. The monoisotopic (exact) mass is 297 g/mol. The fourth-order valence-electron chi connectivity index (χ4n) is 2.48. The van der Waals surface area contributed by atoms with Gasteiger partial charge in [0, 0.05) is 12.6 Å². The van der Waals surface area contributed by atoms with Crippen LogP contribution in [0, 0.1) is 13.8 Å². The maximum Gasteiger partial charge on any atom is 0.118 e. The summed E-state index contributed by atoms with van der Waals surface area (Å²) in [6.07, 6.45) is 2.22. The number of nitrogens with one attached hydrogen (secondary N) is 1. The van der Waals surface area contributed by atoms with Gasteiger partial charge in [-0.3, -0.25) is 0 Å². The minimum Gasteiger partial charge on any atom is -0.497 e. The quantitative estimate of drug-likeness (QED) is 0.816. The highest BCUT2D eigenvalue weighted by atomic mass is 16.5. The fraction of sp³-hybridized carbons (Fsp3) is 0.400. The highest BCUT2D eigenvalue weighted by Crippen LogP contribution is 2.14. The molecular formula is C20H27NO. The number of aryl methyl sites for hydroxylation is 3. The maximum absolute atomic E-state index is 5.19. The van der Waals surface area contributed by atoms with E-state index >= 15 is 0 Å². The van der Waals surface area contributed by atoms with Crippen LogP contribution in [0.4, 0.5) is 0 Å². The minimum absolute atomic E-state index is 0.503. The van der Waals surface area contributed by atoms with Crippen molar-refractivity contribution in [3.05, 3.63) is 64.7 Å². The molecule has 22 heavy (non-hydrogen) atoms. The molecule has 0 saturated heterocycles. The van der Waals surface area contributed by atoms with Crippen LogP contribution in [0.3, 0.4) is 0 Å². The third-order valence-corrected chi connectivity index (χ3v) is 4.25. The topological polar surface area (TPSA) is 21.3 Å². The fourth-order valence-corrected chi connectivity index (χ4v) is 2.48. The SMILES string of the molecule is COc1ccc(CCC(C)NCc2ccc(C)c(C)c2)cc1. The Bertz CT molecular complexity index is 589. The highest BCUT2D eigenvalue weighted by molar-refractivity contribution is 5.30. The maximum atomic E-state index is 5.19. The lowest BCUT2D eigenvalue weighted by Crippen LogP contribution is -2.26. The van der Waals surface area contributed by atoms with Crippen molar-refractivity contribution in [1.82, 2.24) is 5.32 Å². The van der Waals surface area contributed by atoms with Gasteiger partial charge in [0.2, 0.25) is 0 Å². The molecule has 2 rings (SSSR count). The average molecular weight is 297 g/mol. The van der Waals surface area contributed by atoms with Crippen LogP contribution in [0.25, 0.3) is 0 Å². The second-order valence-corrected chi connectivity index (χ2v) is 6.09. The predicted molar refractivity (Wildman–Crippen MR) is 93.5 cm³/mol. The molecule has 0 amide bonds.